The number of fused-ring (bicyclic) bond motifs is 1. The van der Waals surface area contributed by atoms with Gasteiger partial charge in [0.05, 0.1) is 23.4 Å². The molecule has 1 fully saturated rings. The molecule has 1 aliphatic rings. The summed E-state index contributed by atoms with van der Waals surface area (Å²) in [4.78, 5) is 29.3. The normalized spacial score (nSPS) is 16.5. The van der Waals surface area contributed by atoms with Gasteiger partial charge in [-0.1, -0.05) is 48.5 Å². The second kappa shape index (κ2) is 6.59. The van der Waals surface area contributed by atoms with Gasteiger partial charge >= 0.3 is 11.9 Å². The zero-order chi connectivity index (χ0) is 18.1. The fourth-order valence-corrected chi connectivity index (χ4v) is 3.22. The van der Waals surface area contributed by atoms with Crippen molar-refractivity contribution in [3.63, 3.8) is 0 Å². The Morgan fingerprint density at radius 2 is 1.85 bits per heavy atom. The third-order valence-electron chi connectivity index (χ3n) is 4.52. The summed E-state index contributed by atoms with van der Waals surface area (Å²) >= 11 is 0. The van der Waals surface area contributed by atoms with Gasteiger partial charge in [0.1, 0.15) is 0 Å². The number of rotatable bonds is 3. The van der Waals surface area contributed by atoms with E-state index >= 15 is 0 Å². The number of ether oxygens (including phenoxy) is 2. The van der Waals surface area contributed by atoms with E-state index in [1.807, 2.05) is 61.5 Å². The first-order valence-corrected chi connectivity index (χ1v) is 8.47. The molecular weight excluding hydrogens is 330 g/mol. The van der Waals surface area contributed by atoms with Crippen LogP contribution in [0.2, 0.25) is 0 Å². The minimum atomic E-state index is -0.839. The van der Waals surface area contributed by atoms with Crippen LogP contribution in [-0.4, -0.2) is 29.6 Å². The summed E-state index contributed by atoms with van der Waals surface area (Å²) < 4.78 is 10.3. The number of para-hydroxylation sites is 1. The van der Waals surface area contributed by atoms with Crippen molar-refractivity contribution in [3.8, 4) is 11.3 Å². The molecular formula is C21H17NO4. The van der Waals surface area contributed by atoms with Gasteiger partial charge in [0.2, 0.25) is 6.10 Å². The number of hydrogen-bond acceptors (Lipinski definition) is 5. The highest BCUT2D eigenvalue weighted by Crippen LogP contribution is 2.30. The van der Waals surface area contributed by atoms with Crippen molar-refractivity contribution in [1.82, 2.24) is 4.98 Å². The first-order chi connectivity index (χ1) is 12.6. The Morgan fingerprint density at radius 1 is 1.12 bits per heavy atom. The summed E-state index contributed by atoms with van der Waals surface area (Å²) in [6, 6.07) is 17.1. The van der Waals surface area contributed by atoms with E-state index in [-0.39, 0.29) is 6.61 Å². The van der Waals surface area contributed by atoms with Crippen LogP contribution >= 0.6 is 0 Å². The Hall–Kier alpha value is -3.21. The minimum absolute atomic E-state index is 0.280. The fraction of sp³-hybridized carbons (Fsp3) is 0.190. The molecule has 5 heteroatoms. The predicted molar refractivity (Wildman–Crippen MR) is 96.7 cm³/mol. The van der Waals surface area contributed by atoms with E-state index in [0.717, 1.165) is 16.8 Å². The molecule has 2 heterocycles. The maximum Gasteiger partial charge on any atom is 0.347 e. The minimum Gasteiger partial charge on any atom is -0.463 e. The molecule has 4 rings (SSSR count). The number of hydrogen-bond donors (Lipinski definition) is 0. The van der Waals surface area contributed by atoms with E-state index in [4.69, 9.17) is 14.5 Å². The number of nitrogens with zero attached hydrogens (tertiary/aromatic N) is 1. The topological polar surface area (TPSA) is 65.5 Å². The number of carbonyl (C=O) groups excluding carboxylic acids is 2. The van der Waals surface area contributed by atoms with Crippen LogP contribution in [0.15, 0.2) is 54.6 Å². The number of aromatic nitrogens is 1. The van der Waals surface area contributed by atoms with E-state index in [9.17, 15) is 9.59 Å². The van der Waals surface area contributed by atoms with E-state index in [1.165, 1.54) is 0 Å². The fourth-order valence-electron chi connectivity index (χ4n) is 3.22. The number of benzene rings is 2. The van der Waals surface area contributed by atoms with Crippen molar-refractivity contribution < 1.29 is 19.1 Å². The molecule has 1 unspecified atom stereocenters. The molecule has 0 N–H and O–H groups in total. The van der Waals surface area contributed by atoms with Crippen LogP contribution < -0.4 is 0 Å². The van der Waals surface area contributed by atoms with Gasteiger partial charge in [0, 0.05) is 17.4 Å². The Kier molecular flexibility index (Phi) is 4.13. The molecule has 0 bridgehead atoms. The first kappa shape index (κ1) is 16.3. The zero-order valence-electron chi connectivity index (χ0n) is 14.3. The molecule has 26 heavy (non-hydrogen) atoms. The van der Waals surface area contributed by atoms with Crippen molar-refractivity contribution in [2.75, 3.05) is 6.61 Å². The third kappa shape index (κ3) is 2.81. The predicted octanol–water partition coefficient (Wildman–Crippen LogP) is 3.68. The molecule has 3 aromatic rings. The van der Waals surface area contributed by atoms with Gasteiger partial charge in [-0.2, -0.15) is 0 Å². The lowest BCUT2D eigenvalue weighted by molar-refractivity contribution is -0.145. The summed E-state index contributed by atoms with van der Waals surface area (Å²) in [5.74, 6) is -1.01. The Bertz CT molecular complexity index is 998. The number of carbonyl (C=O) groups is 2. The lowest BCUT2D eigenvalue weighted by Gasteiger charge is -2.15. The Morgan fingerprint density at radius 3 is 2.58 bits per heavy atom. The highest BCUT2D eigenvalue weighted by Gasteiger charge is 2.32. The summed E-state index contributed by atoms with van der Waals surface area (Å²) in [6.45, 7) is 2.13. The van der Waals surface area contributed by atoms with Crippen molar-refractivity contribution in [3.05, 3.63) is 65.7 Å². The summed E-state index contributed by atoms with van der Waals surface area (Å²) in [5, 5.41) is 0.709. The zero-order valence-corrected chi connectivity index (χ0v) is 14.3. The summed E-state index contributed by atoms with van der Waals surface area (Å²) in [6.07, 6.45) is -0.452. The number of cyclic esters (lactones) is 1. The van der Waals surface area contributed by atoms with E-state index in [1.54, 1.807) is 0 Å². The third-order valence-corrected chi connectivity index (χ3v) is 4.52. The monoisotopic (exact) mass is 347 g/mol. The molecule has 0 amide bonds. The Balaban J connectivity index is 1.85. The lowest BCUT2D eigenvalue weighted by atomic mass is 9.98. The van der Waals surface area contributed by atoms with Crippen molar-refractivity contribution in [2.24, 2.45) is 0 Å². The average molecular weight is 347 g/mol. The van der Waals surface area contributed by atoms with E-state index in [2.05, 4.69) is 0 Å². The molecule has 1 saturated heterocycles. The number of pyridine rings is 1. The smallest absolute Gasteiger partial charge is 0.347 e. The second-order valence-corrected chi connectivity index (χ2v) is 6.19. The molecule has 0 radical (unpaired) electrons. The first-order valence-electron chi connectivity index (χ1n) is 8.47. The molecule has 130 valence electrons. The highest BCUT2D eigenvalue weighted by atomic mass is 16.6. The molecule has 0 aliphatic carbocycles. The van der Waals surface area contributed by atoms with Crippen molar-refractivity contribution in [2.45, 2.75) is 19.4 Å². The van der Waals surface area contributed by atoms with Gasteiger partial charge in [-0.05, 0) is 18.6 Å². The van der Waals surface area contributed by atoms with Gasteiger partial charge in [-0.25, -0.2) is 14.6 Å². The summed E-state index contributed by atoms with van der Waals surface area (Å²) in [7, 11) is 0. The maximum atomic E-state index is 12.9. The molecule has 5 nitrogen and oxygen atoms in total. The Labute approximate surface area is 150 Å². The van der Waals surface area contributed by atoms with Gasteiger partial charge in [0.15, 0.2) is 0 Å². The lowest BCUT2D eigenvalue weighted by Crippen LogP contribution is -2.23. The molecule has 1 atom stereocenters. The molecule has 2 aromatic carbocycles. The van der Waals surface area contributed by atoms with Gasteiger partial charge in [-0.15, -0.1) is 0 Å². The van der Waals surface area contributed by atoms with Crippen LogP contribution in [0.3, 0.4) is 0 Å². The van der Waals surface area contributed by atoms with Crippen molar-refractivity contribution >= 4 is 22.8 Å². The van der Waals surface area contributed by atoms with Crippen LogP contribution in [0, 0.1) is 6.92 Å². The van der Waals surface area contributed by atoms with Crippen LogP contribution in [-0.2, 0) is 14.3 Å². The SMILES string of the molecule is Cc1c(-c2ccccc2)nc2ccccc2c1C(=O)OC1CCOC1=O. The van der Waals surface area contributed by atoms with Crippen LogP contribution in [0.4, 0.5) is 0 Å². The highest BCUT2D eigenvalue weighted by molar-refractivity contribution is 6.07. The quantitative estimate of drug-likeness (QED) is 0.676. The van der Waals surface area contributed by atoms with Crippen LogP contribution in [0.5, 0.6) is 0 Å². The second-order valence-electron chi connectivity index (χ2n) is 6.19. The summed E-state index contributed by atoms with van der Waals surface area (Å²) in [5.41, 5.74) is 3.52. The molecule has 0 spiro atoms. The van der Waals surface area contributed by atoms with Gasteiger partial charge in [0.25, 0.3) is 0 Å². The molecule has 1 aromatic heterocycles. The standard InChI is InChI=1S/C21H17NO4/c1-13-18(21(24)26-17-11-12-25-20(17)23)15-9-5-6-10-16(15)22-19(13)14-7-3-2-4-8-14/h2-10,17H,11-12H2,1H3. The number of esters is 2. The van der Waals surface area contributed by atoms with E-state index < -0.39 is 18.0 Å². The van der Waals surface area contributed by atoms with Crippen LogP contribution in [0.25, 0.3) is 22.2 Å². The van der Waals surface area contributed by atoms with Gasteiger partial charge < -0.3 is 9.47 Å². The van der Waals surface area contributed by atoms with Crippen LogP contribution in [0.1, 0.15) is 22.3 Å². The van der Waals surface area contributed by atoms with Gasteiger partial charge in [-0.3, -0.25) is 0 Å². The molecule has 0 saturated carbocycles. The molecule has 1 aliphatic heterocycles. The van der Waals surface area contributed by atoms with Crippen molar-refractivity contribution in [1.29, 1.82) is 0 Å². The largest absolute Gasteiger partial charge is 0.463 e. The maximum absolute atomic E-state index is 12.9. The van der Waals surface area contributed by atoms with E-state index in [0.29, 0.717) is 22.9 Å². The average Bonchev–Trinajstić information content (AvgIpc) is 3.06.